The summed E-state index contributed by atoms with van der Waals surface area (Å²) in [5, 5.41) is 0. The molecule has 5 nitrogen and oxygen atoms in total. The number of likely N-dealkylation sites (N-methyl/N-ethyl adjacent to an activating group) is 1. The predicted molar refractivity (Wildman–Crippen MR) is 94.5 cm³/mol. The van der Waals surface area contributed by atoms with Gasteiger partial charge in [-0.05, 0) is 43.2 Å². The zero-order valence-corrected chi connectivity index (χ0v) is 14.5. The van der Waals surface area contributed by atoms with Crippen LogP contribution in [0.15, 0.2) is 42.6 Å². The summed E-state index contributed by atoms with van der Waals surface area (Å²) < 4.78 is 18.8. The number of pyridine rings is 1. The third kappa shape index (κ3) is 3.73. The van der Waals surface area contributed by atoms with E-state index in [1.54, 1.807) is 18.1 Å². The fraction of sp³-hybridized carbons (Fsp3) is 0.368. The van der Waals surface area contributed by atoms with Crippen molar-refractivity contribution in [2.45, 2.75) is 18.9 Å². The van der Waals surface area contributed by atoms with Gasteiger partial charge in [-0.25, -0.2) is 9.37 Å². The topological polar surface area (TPSA) is 45.7 Å². The van der Waals surface area contributed by atoms with Crippen LogP contribution < -0.4 is 9.64 Å². The first-order valence-corrected chi connectivity index (χ1v) is 8.37. The Bertz CT molecular complexity index is 739. The molecule has 0 aliphatic carbocycles. The van der Waals surface area contributed by atoms with Gasteiger partial charge in [0.25, 0.3) is 5.91 Å². The van der Waals surface area contributed by atoms with Crippen LogP contribution in [-0.4, -0.2) is 49.1 Å². The van der Waals surface area contributed by atoms with Crippen molar-refractivity contribution < 1.29 is 13.9 Å². The largest absolute Gasteiger partial charge is 0.496 e. The molecular formula is C19H22FN3O2. The number of amides is 1. The molecule has 1 aliphatic rings. The monoisotopic (exact) mass is 343 g/mol. The normalized spacial score (nSPS) is 17.2. The van der Waals surface area contributed by atoms with Gasteiger partial charge in [-0.15, -0.1) is 0 Å². The Balaban J connectivity index is 1.77. The van der Waals surface area contributed by atoms with E-state index < -0.39 is 5.82 Å². The summed E-state index contributed by atoms with van der Waals surface area (Å²) in [6, 6.07) is 9.86. The Morgan fingerprint density at radius 2 is 2.20 bits per heavy atom. The molecular weight excluding hydrogens is 321 g/mol. The molecule has 1 amide bonds. The van der Waals surface area contributed by atoms with Crippen LogP contribution in [0, 0.1) is 5.82 Å². The van der Waals surface area contributed by atoms with E-state index in [-0.39, 0.29) is 17.5 Å². The molecule has 1 unspecified atom stereocenters. The fourth-order valence-electron chi connectivity index (χ4n) is 3.22. The van der Waals surface area contributed by atoms with Crippen molar-refractivity contribution in [1.82, 2.24) is 9.88 Å². The zero-order chi connectivity index (χ0) is 17.8. The lowest BCUT2D eigenvalue weighted by molar-refractivity contribution is 0.0713. The summed E-state index contributed by atoms with van der Waals surface area (Å²) in [4.78, 5) is 21.1. The first-order chi connectivity index (χ1) is 12.1. The van der Waals surface area contributed by atoms with Gasteiger partial charge in [-0.1, -0.05) is 6.07 Å². The second-order valence-corrected chi connectivity index (χ2v) is 6.19. The number of rotatable bonds is 4. The Morgan fingerprint density at radius 1 is 1.36 bits per heavy atom. The lowest BCUT2D eigenvalue weighted by atomic mass is 10.0. The smallest absolute Gasteiger partial charge is 0.257 e. The maximum atomic E-state index is 13.6. The average Bonchev–Trinajstić information content (AvgIpc) is 2.67. The molecule has 3 rings (SSSR count). The highest BCUT2D eigenvalue weighted by Crippen LogP contribution is 2.25. The van der Waals surface area contributed by atoms with Gasteiger partial charge in [0.1, 0.15) is 17.4 Å². The number of benzene rings is 1. The first-order valence-electron chi connectivity index (χ1n) is 8.37. The molecule has 2 aromatic rings. The van der Waals surface area contributed by atoms with Gasteiger partial charge < -0.3 is 14.5 Å². The molecule has 1 aromatic heterocycles. The van der Waals surface area contributed by atoms with Crippen LogP contribution in [0.25, 0.3) is 0 Å². The van der Waals surface area contributed by atoms with Crippen molar-refractivity contribution in [3.05, 3.63) is 54.0 Å². The number of aromatic nitrogens is 1. The maximum absolute atomic E-state index is 13.6. The summed E-state index contributed by atoms with van der Waals surface area (Å²) >= 11 is 0. The summed E-state index contributed by atoms with van der Waals surface area (Å²) in [7, 11) is 3.24. The van der Waals surface area contributed by atoms with Gasteiger partial charge in [0.15, 0.2) is 0 Å². The molecule has 0 saturated carbocycles. The third-order valence-corrected chi connectivity index (χ3v) is 4.63. The minimum absolute atomic E-state index is 0.0382. The third-order valence-electron chi connectivity index (χ3n) is 4.63. The van der Waals surface area contributed by atoms with Gasteiger partial charge >= 0.3 is 0 Å². The number of hydrogen-bond donors (Lipinski definition) is 0. The van der Waals surface area contributed by atoms with Crippen molar-refractivity contribution in [3.63, 3.8) is 0 Å². The number of piperidine rings is 1. The lowest BCUT2D eigenvalue weighted by Crippen LogP contribution is -2.49. The van der Waals surface area contributed by atoms with Gasteiger partial charge in [0, 0.05) is 32.4 Å². The van der Waals surface area contributed by atoms with Gasteiger partial charge in [0.05, 0.1) is 12.7 Å². The SMILES string of the molecule is COc1ccc(F)cc1C(=O)N(C)C1CCCN(c2ccccn2)C1. The average molecular weight is 343 g/mol. The number of hydrogen-bond acceptors (Lipinski definition) is 4. The number of carbonyl (C=O) groups is 1. The van der Waals surface area contributed by atoms with Crippen LogP contribution in [0.1, 0.15) is 23.2 Å². The van der Waals surface area contributed by atoms with Crippen molar-refractivity contribution >= 4 is 11.7 Å². The molecule has 25 heavy (non-hydrogen) atoms. The number of ether oxygens (including phenoxy) is 1. The highest BCUT2D eigenvalue weighted by Gasteiger charge is 2.28. The van der Waals surface area contributed by atoms with Crippen LogP contribution in [0.5, 0.6) is 5.75 Å². The van der Waals surface area contributed by atoms with Crippen molar-refractivity contribution in [2.24, 2.45) is 0 Å². The van der Waals surface area contributed by atoms with Crippen molar-refractivity contribution in [2.75, 3.05) is 32.1 Å². The van der Waals surface area contributed by atoms with E-state index in [1.807, 2.05) is 18.2 Å². The van der Waals surface area contributed by atoms with Crippen LogP contribution in [0.3, 0.4) is 0 Å². The number of halogens is 1. The van der Waals surface area contributed by atoms with E-state index in [9.17, 15) is 9.18 Å². The minimum atomic E-state index is -0.448. The van der Waals surface area contributed by atoms with E-state index in [2.05, 4.69) is 9.88 Å². The van der Waals surface area contributed by atoms with Gasteiger partial charge in [-0.3, -0.25) is 4.79 Å². The molecule has 0 spiro atoms. The van der Waals surface area contributed by atoms with Crippen LogP contribution in [0.4, 0.5) is 10.2 Å². The van der Waals surface area contributed by atoms with Crippen LogP contribution in [0.2, 0.25) is 0 Å². The molecule has 1 atom stereocenters. The van der Waals surface area contributed by atoms with Gasteiger partial charge in [-0.2, -0.15) is 0 Å². The molecule has 0 N–H and O–H groups in total. The Morgan fingerprint density at radius 3 is 2.92 bits per heavy atom. The van der Waals surface area contributed by atoms with E-state index in [0.29, 0.717) is 12.3 Å². The molecule has 0 bridgehead atoms. The second kappa shape index (κ2) is 7.51. The number of carbonyl (C=O) groups excluding carboxylic acids is 1. The quantitative estimate of drug-likeness (QED) is 0.856. The number of methoxy groups -OCH3 is 1. The molecule has 1 fully saturated rings. The molecule has 1 aliphatic heterocycles. The zero-order valence-electron chi connectivity index (χ0n) is 14.5. The first kappa shape index (κ1) is 17.2. The number of anilines is 1. The molecule has 6 heteroatoms. The summed E-state index contributed by atoms with van der Waals surface area (Å²) in [5.74, 6) is 0.618. The molecule has 1 aromatic carbocycles. The molecule has 2 heterocycles. The Kier molecular flexibility index (Phi) is 5.16. The standard InChI is InChI=1S/C19H22FN3O2/c1-22(19(24)16-12-14(20)8-9-17(16)25-2)15-6-5-11-23(13-15)18-7-3-4-10-21-18/h3-4,7-10,12,15H,5-6,11,13H2,1-2H3. The summed E-state index contributed by atoms with van der Waals surface area (Å²) in [6.45, 7) is 1.62. The molecule has 132 valence electrons. The number of nitrogens with zero attached hydrogens (tertiary/aromatic N) is 3. The highest BCUT2D eigenvalue weighted by atomic mass is 19.1. The Hall–Kier alpha value is -2.63. The van der Waals surface area contributed by atoms with E-state index in [4.69, 9.17) is 4.74 Å². The fourth-order valence-corrected chi connectivity index (χ4v) is 3.22. The molecule has 0 radical (unpaired) electrons. The summed E-state index contributed by atoms with van der Waals surface area (Å²) in [6.07, 6.45) is 3.65. The minimum Gasteiger partial charge on any atom is -0.496 e. The Labute approximate surface area is 147 Å². The van der Waals surface area contributed by atoms with E-state index >= 15 is 0 Å². The molecule has 1 saturated heterocycles. The van der Waals surface area contributed by atoms with Crippen LogP contribution in [-0.2, 0) is 0 Å². The predicted octanol–water partition coefficient (Wildman–Crippen LogP) is 2.97. The van der Waals surface area contributed by atoms with Gasteiger partial charge in [0.2, 0.25) is 0 Å². The summed E-state index contributed by atoms with van der Waals surface area (Å²) in [5.41, 5.74) is 0.250. The van der Waals surface area contributed by atoms with Crippen molar-refractivity contribution in [3.8, 4) is 5.75 Å². The van der Waals surface area contributed by atoms with Crippen LogP contribution >= 0.6 is 0 Å². The van der Waals surface area contributed by atoms with E-state index in [1.165, 1.54) is 25.3 Å². The maximum Gasteiger partial charge on any atom is 0.257 e. The van der Waals surface area contributed by atoms with E-state index in [0.717, 1.165) is 25.2 Å². The van der Waals surface area contributed by atoms with Crippen molar-refractivity contribution in [1.29, 1.82) is 0 Å². The highest BCUT2D eigenvalue weighted by molar-refractivity contribution is 5.97. The second-order valence-electron chi connectivity index (χ2n) is 6.19. The lowest BCUT2D eigenvalue weighted by Gasteiger charge is -2.38.